The van der Waals surface area contributed by atoms with Gasteiger partial charge in [0.05, 0.1) is 21.8 Å². The molecule has 0 aliphatic rings. The third-order valence-electron chi connectivity index (χ3n) is 3.01. The number of halogens is 3. The van der Waals surface area contributed by atoms with Gasteiger partial charge in [0, 0.05) is 10.7 Å². The highest BCUT2D eigenvalue weighted by Crippen LogP contribution is 2.29. The summed E-state index contributed by atoms with van der Waals surface area (Å²) in [4.78, 5) is 4.46. The summed E-state index contributed by atoms with van der Waals surface area (Å²) in [6.07, 6.45) is 2.56. The van der Waals surface area contributed by atoms with Crippen molar-refractivity contribution in [2.75, 3.05) is 6.54 Å². The molecule has 1 N–H and O–H groups in total. The van der Waals surface area contributed by atoms with E-state index >= 15 is 0 Å². The van der Waals surface area contributed by atoms with Crippen LogP contribution in [0.1, 0.15) is 24.2 Å². The van der Waals surface area contributed by atoms with Crippen molar-refractivity contribution in [2.24, 2.45) is 0 Å². The van der Waals surface area contributed by atoms with Crippen LogP contribution >= 0.6 is 39.1 Å². The molecule has 0 saturated carbocycles. The Labute approximate surface area is 137 Å². The van der Waals surface area contributed by atoms with Crippen LogP contribution < -0.4 is 5.32 Å². The largest absolute Gasteiger partial charge is 0.309 e. The SMILES string of the molecule is CCNC(Cc1cccc(Cl)c1Cl)c1ccc(Br)cn1. The Morgan fingerprint density at radius 2 is 2.05 bits per heavy atom. The molecule has 1 unspecified atom stereocenters. The van der Waals surface area contributed by atoms with Gasteiger partial charge in [0.2, 0.25) is 0 Å². The minimum absolute atomic E-state index is 0.115. The van der Waals surface area contributed by atoms with Crippen LogP contribution in [-0.4, -0.2) is 11.5 Å². The van der Waals surface area contributed by atoms with Crippen LogP contribution in [-0.2, 0) is 6.42 Å². The molecular weight excluding hydrogens is 359 g/mol. The van der Waals surface area contributed by atoms with Crippen LogP contribution in [0.15, 0.2) is 41.0 Å². The lowest BCUT2D eigenvalue weighted by molar-refractivity contribution is 0.536. The second-order valence-electron chi connectivity index (χ2n) is 4.43. The van der Waals surface area contributed by atoms with Crippen LogP contribution in [0, 0.1) is 0 Å². The van der Waals surface area contributed by atoms with E-state index in [4.69, 9.17) is 23.2 Å². The second kappa shape index (κ2) is 7.41. The Kier molecular flexibility index (Phi) is 5.85. The standard InChI is InChI=1S/C15H15BrCl2N2/c1-2-19-14(13-7-6-11(16)9-20-13)8-10-4-3-5-12(17)15(10)18/h3-7,9,14,19H,2,8H2,1H3. The summed E-state index contributed by atoms with van der Waals surface area (Å²) < 4.78 is 0.970. The summed E-state index contributed by atoms with van der Waals surface area (Å²) >= 11 is 15.7. The van der Waals surface area contributed by atoms with E-state index in [1.807, 2.05) is 24.3 Å². The summed E-state index contributed by atoms with van der Waals surface area (Å²) in [5, 5.41) is 4.64. The van der Waals surface area contributed by atoms with E-state index in [1.54, 1.807) is 12.3 Å². The average molecular weight is 374 g/mol. The van der Waals surface area contributed by atoms with Crippen LogP contribution in [0.5, 0.6) is 0 Å². The van der Waals surface area contributed by atoms with Crippen LogP contribution in [0.3, 0.4) is 0 Å². The summed E-state index contributed by atoms with van der Waals surface area (Å²) in [6, 6.07) is 9.83. The molecule has 1 aromatic carbocycles. The second-order valence-corrected chi connectivity index (χ2v) is 6.13. The number of aromatic nitrogens is 1. The Morgan fingerprint density at radius 3 is 2.70 bits per heavy atom. The van der Waals surface area contributed by atoms with Gasteiger partial charge >= 0.3 is 0 Å². The number of pyridine rings is 1. The molecule has 0 radical (unpaired) electrons. The Morgan fingerprint density at radius 1 is 1.25 bits per heavy atom. The monoisotopic (exact) mass is 372 g/mol. The third kappa shape index (κ3) is 3.95. The molecule has 0 aliphatic carbocycles. The number of nitrogens with zero attached hydrogens (tertiary/aromatic N) is 1. The first kappa shape index (κ1) is 15.8. The maximum absolute atomic E-state index is 6.26. The highest BCUT2D eigenvalue weighted by Gasteiger charge is 2.15. The minimum Gasteiger partial charge on any atom is -0.309 e. The van der Waals surface area contributed by atoms with E-state index in [0.29, 0.717) is 10.0 Å². The lowest BCUT2D eigenvalue weighted by Crippen LogP contribution is -2.24. The van der Waals surface area contributed by atoms with Gasteiger partial charge in [0.25, 0.3) is 0 Å². The van der Waals surface area contributed by atoms with Crippen LogP contribution in [0.2, 0.25) is 10.0 Å². The Balaban J connectivity index is 2.25. The van der Waals surface area contributed by atoms with Gasteiger partial charge in [-0.15, -0.1) is 0 Å². The summed E-state index contributed by atoms with van der Waals surface area (Å²) in [5.74, 6) is 0. The predicted molar refractivity (Wildman–Crippen MR) is 88.5 cm³/mol. The van der Waals surface area contributed by atoms with E-state index in [0.717, 1.165) is 28.7 Å². The van der Waals surface area contributed by atoms with Crippen molar-refractivity contribution in [1.29, 1.82) is 0 Å². The van der Waals surface area contributed by atoms with Crippen LogP contribution in [0.4, 0.5) is 0 Å². The third-order valence-corrected chi connectivity index (χ3v) is 4.34. The van der Waals surface area contributed by atoms with Gasteiger partial charge in [0.1, 0.15) is 0 Å². The number of rotatable bonds is 5. The van der Waals surface area contributed by atoms with Gasteiger partial charge in [-0.2, -0.15) is 0 Å². The molecular formula is C15H15BrCl2N2. The fourth-order valence-corrected chi connectivity index (χ4v) is 2.68. The number of hydrogen-bond acceptors (Lipinski definition) is 2. The zero-order valence-corrected chi connectivity index (χ0v) is 14.1. The first-order chi connectivity index (χ1) is 9.61. The molecule has 0 bridgehead atoms. The molecule has 5 heteroatoms. The topological polar surface area (TPSA) is 24.9 Å². The van der Waals surface area contributed by atoms with E-state index in [1.165, 1.54) is 0 Å². The van der Waals surface area contributed by atoms with Crippen molar-refractivity contribution in [3.05, 3.63) is 62.3 Å². The molecule has 0 amide bonds. The highest BCUT2D eigenvalue weighted by atomic mass is 79.9. The van der Waals surface area contributed by atoms with Crippen molar-refractivity contribution in [3.8, 4) is 0 Å². The molecule has 1 atom stereocenters. The average Bonchev–Trinajstić information content (AvgIpc) is 2.44. The van der Waals surface area contributed by atoms with Gasteiger partial charge in [-0.3, -0.25) is 4.98 Å². The molecule has 20 heavy (non-hydrogen) atoms. The quantitative estimate of drug-likeness (QED) is 0.793. The van der Waals surface area contributed by atoms with Gasteiger partial charge in [-0.05, 0) is 52.7 Å². The Hall–Kier alpha value is -0.610. The molecule has 2 rings (SSSR count). The molecule has 0 saturated heterocycles. The van der Waals surface area contributed by atoms with Crippen molar-refractivity contribution in [2.45, 2.75) is 19.4 Å². The molecule has 106 valence electrons. The summed E-state index contributed by atoms with van der Waals surface area (Å²) in [5.41, 5.74) is 2.01. The van der Waals surface area contributed by atoms with E-state index in [9.17, 15) is 0 Å². The first-order valence-electron chi connectivity index (χ1n) is 6.39. The fraction of sp³-hybridized carbons (Fsp3) is 0.267. The van der Waals surface area contributed by atoms with Crippen molar-refractivity contribution < 1.29 is 0 Å². The molecule has 2 nitrogen and oxygen atoms in total. The van der Waals surface area contributed by atoms with Crippen molar-refractivity contribution in [3.63, 3.8) is 0 Å². The maximum Gasteiger partial charge on any atom is 0.0625 e. The van der Waals surface area contributed by atoms with Gasteiger partial charge < -0.3 is 5.32 Å². The zero-order chi connectivity index (χ0) is 14.5. The lowest BCUT2D eigenvalue weighted by atomic mass is 10.0. The normalized spacial score (nSPS) is 12.4. The molecule has 1 aromatic heterocycles. The van der Waals surface area contributed by atoms with Crippen molar-refractivity contribution in [1.82, 2.24) is 10.3 Å². The van der Waals surface area contributed by atoms with E-state index in [2.05, 4.69) is 33.2 Å². The molecule has 2 aromatic rings. The molecule has 0 aliphatic heterocycles. The van der Waals surface area contributed by atoms with Gasteiger partial charge in [-0.1, -0.05) is 42.3 Å². The lowest BCUT2D eigenvalue weighted by Gasteiger charge is -2.18. The number of hydrogen-bond donors (Lipinski definition) is 1. The number of benzene rings is 1. The molecule has 0 spiro atoms. The highest BCUT2D eigenvalue weighted by molar-refractivity contribution is 9.10. The smallest absolute Gasteiger partial charge is 0.0625 e. The van der Waals surface area contributed by atoms with Crippen molar-refractivity contribution >= 4 is 39.1 Å². The minimum atomic E-state index is 0.115. The summed E-state index contributed by atoms with van der Waals surface area (Å²) in [7, 11) is 0. The van der Waals surface area contributed by atoms with Gasteiger partial charge in [0.15, 0.2) is 0 Å². The molecule has 1 heterocycles. The zero-order valence-electron chi connectivity index (χ0n) is 11.0. The summed E-state index contributed by atoms with van der Waals surface area (Å²) in [6.45, 7) is 2.94. The van der Waals surface area contributed by atoms with E-state index < -0.39 is 0 Å². The van der Waals surface area contributed by atoms with Gasteiger partial charge in [-0.25, -0.2) is 0 Å². The van der Waals surface area contributed by atoms with E-state index in [-0.39, 0.29) is 6.04 Å². The number of likely N-dealkylation sites (N-methyl/N-ethyl adjacent to an activating group) is 1. The maximum atomic E-state index is 6.26. The molecule has 0 fully saturated rings. The fourth-order valence-electron chi connectivity index (χ4n) is 2.05. The number of nitrogens with one attached hydrogen (secondary N) is 1. The first-order valence-corrected chi connectivity index (χ1v) is 7.94. The predicted octanol–water partition coefficient (Wildman–Crippen LogP) is 5.04. The Bertz CT molecular complexity index is 573. The van der Waals surface area contributed by atoms with Crippen LogP contribution in [0.25, 0.3) is 0 Å².